The van der Waals surface area contributed by atoms with Crippen molar-refractivity contribution < 1.29 is 9.15 Å². The van der Waals surface area contributed by atoms with Crippen molar-refractivity contribution in [3.8, 4) is 0 Å². The molecule has 0 aliphatic carbocycles. The van der Waals surface area contributed by atoms with Crippen LogP contribution in [0.4, 0.5) is 0 Å². The van der Waals surface area contributed by atoms with Crippen LogP contribution in [0.5, 0.6) is 0 Å². The summed E-state index contributed by atoms with van der Waals surface area (Å²) < 4.78 is 10.6. The van der Waals surface area contributed by atoms with Gasteiger partial charge in [0.15, 0.2) is 5.22 Å². The maximum Gasteiger partial charge on any atom is 0.197 e. The van der Waals surface area contributed by atoms with Crippen LogP contribution >= 0.6 is 11.6 Å². The Hall–Kier alpha value is -0.510. The van der Waals surface area contributed by atoms with Crippen LogP contribution in [0.15, 0.2) is 16.7 Å². The molecule has 18 heavy (non-hydrogen) atoms. The molecule has 4 heteroatoms. The van der Waals surface area contributed by atoms with Gasteiger partial charge in [-0.25, -0.2) is 0 Å². The van der Waals surface area contributed by atoms with Crippen molar-refractivity contribution in [3.05, 3.63) is 23.1 Å². The molecule has 1 atom stereocenters. The van der Waals surface area contributed by atoms with Crippen molar-refractivity contribution >= 4 is 11.6 Å². The zero-order valence-corrected chi connectivity index (χ0v) is 12.5. The third-order valence-corrected chi connectivity index (χ3v) is 3.56. The highest BCUT2D eigenvalue weighted by Gasteiger charge is 2.22. The zero-order valence-electron chi connectivity index (χ0n) is 11.8. The minimum absolute atomic E-state index is 0.109. The molecule has 0 spiro atoms. The number of hydrogen-bond acceptors (Lipinski definition) is 3. The Labute approximate surface area is 115 Å². The number of halogens is 1. The Morgan fingerprint density at radius 2 is 2.22 bits per heavy atom. The fourth-order valence-corrected chi connectivity index (χ4v) is 2.08. The molecule has 0 aliphatic heterocycles. The first-order valence-corrected chi connectivity index (χ1v) is 6.89. The normalized spacial score (nSPS) is 13.8. The van der Waals surface area contributed by atoms with Crippen LogP contribution in [-0.2, 0) is 4.74 Å². The highest BCUT2D eigenvalue weighted by atomic mass is 35.5. The molecule has 0 fully saturated rings. The van der Waals surface area contributed by atoms with E-state index < -0.39 is 0 Å². The third-order valence-electron chi connectivity index (χ3n) is 3.25. The van der Waals surface area contributed by atoms with E-state index in [2.05, 4.69) is 26.1 Å². The van der Waals surface area contributed by atoms with Crippen LogP contribution < -0.4 is 5.32 Å². The lowest BCUT2D eigenvalue weighted by Gasteiger charge is -2.26. The molecule has 0 saturated carbocycles. The van der Waals surface area contributed by atoms with Crippen LogP contribution in [0.2, 0.25) is 5.22 Å². The minimum atomic E-state index is -0.109. The van der Waals surface area contributed by atoms with Gasteiger partial charge in [0.05, 0.1) is 11.9 Å². The Morgan fingerprint density at radius 3 is 2.72 bits per heavy atom. The summed E-state index contributed by atoms with van der Waals surface area (Å²) in [4.78, 5) is 0. The molecule has 1 rings (SSSR count). The molecule has 104 valence electrons. The van der Waals surface area contributed by atoms with E-state index in [-0.39, 0.29) is 11.6 Å². The van der Waals surface area contributed by atoms with Crippen LogP contribution in [0.1, 0.15) is 51.6 Å². The maximum atomic E-state index is 6.06. The minimum Gasteiger partial charge on any atom is -0.453 e. The summed E-state index contributed by atoms with van der Waals surface area (Å²) in [5, 5.41) is 3.99. The second kappa shape index (κ2) is 7.17. The number of methoxy groups -OCH3 is 1. The molecule has 1 N–H and O–H groups in total. The Kier molecular flexibility index (Phi) is 6.19. The summed E-state index contributed by atoms with van der Waals surface area (Å²) in [7, 11) is 1.75. The van der Waals surface area contributed by atoms with Gasteiger partial charge < -0.3 is 14.5 Å². The third kappa shape index (κ3) is 4.63. The van der Waals surface area contributed by atoms with Gasteiger partial charge in [0.2, 0.25) is 0 Å². The van der Waals surface area contributed by atoms with E-state index in [0.29, 0.717) is 5.22 Å². The highest BCUT2D eigenvalue weighted by molar-refractivity contribution is 6.29. The van der Waals surface area contributed by atoms with Crippen LogP contribution in [0, 0.1) is 0 Å². The van der Waals surface area contributed by atoms with Gasteiger partial charge in [0.25, 0.3) is 0 Å². The van der Waals surface area contributed by atoms with Gasteiger partial charge in [-0.15, -0.1) is 0 Å². The van der Waals surface area contributed by atoms with E-state index >= 15 is 0 Å². The second-order valence-electron chi connectivity index (χ2n) is 5.16. The van der Waals surface area contributed by atoms with Crippen molar-refractivity contribution in [3.63, 3.8) is 0 Å². The monoisotopic (exact) mass is 273 g/mol. The number of furan rings is 1. The Morgan fingerprint density at radius 1 is 1.50 bits per heavy atom. The predicted octanol–water partition coefficient (Wildman–Crippen LogP) is 4.18. The van der Waals surface area contributed by atoms with E-state index in [0.717, 1.165) is 31.4 Å². The molecule has 1 aromatic rings. The van der Waals surface area contributed by atoms with Gasteiger partial charge >= 0.3 is 0 Å². The molecule has 1 unspecified atom stereocenters. The quantitative estimate of drug-likeness (QED) is 0.772. The molecule has 0 bridgehead atoms. The van der Waals surface area contributed by atoms with Gasteiger partial charge in [0.1, 0.15) is 0 Å². The second-order valence-corrected chi connectivity index (χ2v) is 5.50. The summed E-state index contributed by atoms with van der Waals surface area (Å²) in [6.07, 6.45) is 4.67. The molecule has 3 nitrogen and oxygen atoms in total. The largest absolute Gasteiger partial charge is 0.453 e. The Bertz CT molecular complexity index is 349. The van der Waals surface area contributed by atoms with Crippen molar-refractivity contribution in [2.75, 3.05) is 13.7 Å². The lowest BCUT2D eigenvalue weighted by Crippen LogP contribution is -2.27. The lowest BCUT2D eigenvalue weighted by molar-refractivity contribution is 0.0116. The predicted molar refractivity (Wildman–Crippen MR) is 75.1 cm³/mol. The van der Waals surface area contributed by atoms with E-state index in [1.54, 1.807) is 13.4 Å². The highest BCUT2D eigenvalue weighted by Crippen LogP contribution is 2.29. The molecular weight excluding hydrogens is 250 g/mol. The molecule has 0 amide bonds. The van der Waals surface area contributed by atoms with Gasteiger partial charge in [-0.05, 0) is 57.3 Å². The molecule has 1 heterocycles. The standard InChI is InChI=1S/C14H24ClNO2/c1-5-9-16-12(6-8-14(2,3)17-4)11-7-10-18-13(11)15/h7,10,12,16H,5-6,8-9H2,1-4H3. The topological polar surface area (TPSA) is 34.4 Å². The summed E-state index contributed by atoms with van der Waals surface area (Å²) in [5.41, 5.74) is 0.930. The molecule has 0 radical (unpaired) electrons. The van der Waals surface area contributed by atoms with E-state index in [1.165, 1.54) is 0 Å². The summed E-state index contributed by atoms with van der Waals surface area (Å²) in [6.45, 7) is 7.32. The van der Waals surface area contributed by atoms with Crippen molar-refractivity contribution in [2.24, 2.45) is 0 Å². The maximum absolute atomic E-state index is 6.06. The van der Waals surface area contributed by atoms with Crippen LogP contribution in [-0.4, -0.2) is 19.3 Å². The number of ether oxygens (including phenoxy) is 1. The average Bonchev–Trinajstić information content (AvgIpc) is 2.76. The lowest BCUT2D eigenvalue weighted by atomic mass is 9.96. The van der Waals surface area contributed by atoms with Crippen LogP contribution in [0.3, 0.4) is 0 Å². The SMILES string of the molecule is CCCNC(CCC(C)(C)OC)c1ccoc1Cl. The van der Waals surface area contributed by atoms with Gasteiger partial charge in [-0.1, -0.05) is 6.92 Å². The van der Waals surface area contributed by atoms with Crippen molar-refractivity contribution in [1.29, 1.82) is 0 Å². The molecule has 1 aromatic heterocycles. The van der Waals surface area contributed by atoms with Crippen LogP contribution in [0.25, 0.3) is 0 Å². The Balaban J connectivity index is 2.65. The average molecular weight is 274 g/mol. The molecular formula is C14H24ClNO2. The zero-order chi connectivity index (χ0) is 13.6. The number of hydrogen-bond donors (Lipinski definition) is 1. The summed E-state index contributed by atoms with van der Waals surface area (Å²) in [6, 6.07) is 2.17. The smallest absolute Gasteiger partial charge is 0.197 e. The van der Waals surface area contributed by atoms with E-state index in [1.807, 2.05) is 6.07 Å². The van der Waals surface area contributed by atoms with Crippen molar-refractivity contribution in [1.82, 2.24) is 5.32 Å². The first-order valence-electron chi connectivity index (χ1n) is 6.51. The molecule has 0 saturated heterocycles. The van der Waals surface area contributed by atoms with Gasteiger partial charge in [-0.3, -0.25) is 0 Å². The molecule has 0 aromatic carbocycles. The fourth-order valence-electron chi connectivity index (χ4n) is 1.83. The fraction of sp³-hybridized carbons (Fsp3) is 0.714. The first-order chi connectivity index (χ1) is 8.50. The number of rotatable bonds is 8. The summed E-state index contributed by atoms with van der Waals surface area (Å²) in [5.74, 6) is 0. The van der Waals surface area contributed by atoms with E-state index in [9.17, 15) is 0 Å². The molecule has 0 aliphatic rings. The first kappa shape index (κ1) is 15.5. The van der Waals surface area contributed by atoms with Crippen molar-refractivity contribution in [2.45, 2.75) is 51.7 Å². The summed E-state index contributed by atoms with van der Waals surface area (Å²) >= 11 is 6.06. The van der Waals surface area contributed by atoms with Gasteiger partial charge in [-0.2, -0.15) is 0 Å². The van der Waals surface area contributed by atoms with E-state index in [4.69, 9.17) is 20.8 Å². The van der Waals surface area contributed by atoms with Gasteiger partial charge in [0, 0.05) is 18.7 Å². The number of nitrogens with one attached hydrogen (secondary N) is 1.